The predicted molar refractivity (Wildman–Crippen MR) is 147 cm³/mol. The maximum Gasteiger partial charge on any atom is 0.335 e. The minimum absolute atomic E-state index is 0.00814. The van der Waals surface area contributed by atoms with E-state index < -0.39 is 17.6 Å². The highest BCUT2D eigenvalue weighted by molar-refractivity contribution is 5.92. The van der Waals surface area contributed by atoms with Crippen LogP contribution in [-0.2, 0) is 24.3 Å². The van der Waals surface area contributed by atoms with Crippen molar-refractivity contribution >= 4 is 17.0 Å². The number of hydrogen-bond donors (Lipinski definition) is 1. The summed E-state index contributed by atoms with van der Waals surface area (Å²) in [7, 11) is 0. The van der Waals surface area contributed by atoms with E-state index >= 15 is 4.39 Å². The Morgan fingerprint density at radius 2 is 1.95 bits per heavy atom. The zero-order chi connectivity index (χ0) is 29.2. The summed E-state index contributed by atoms with van der Waals surface area (Å²) in [6, 6.07) is 17.0. The monoisotopic (exact) mass is 567 g/mol. The van der Waals surface area contributed by atoms with Crippen molar-refractivity contribution < 1.29 is 28.2 Å². The normalized spacial score (nSPS) is 14.4. The van der Waals surface area contributed by atoms with E-state index in [1.54, 1.807) is 24.3 Å². The summed E-state index contributed by atoms with van der Waals surface area (Å²) in [5.74, 6) is -1.23. The topological polar surface area (TPSA) is 123 Å². The Balaban J connectivity index is 1.23. The molecule has 0 saturated carbocycles. The molecule has 3 aromatic carbocycles. The minimum atomic E-state index is -1.03. The third-order valence-corrected chi connectivity index (χ3v) is 7.08. The summed E-state index contributed by atoms with van der Waals surface area (Å²) in [6.07, 6.45) is 2.64. The highest BCUT2D eigenvalue weighted by atomic mass is 19.1. The maximum atomic E-state index is 15.4. The molecule has 2 aromatic heterocycles. The molecule has 0 unspecified atom stereocenters. The van der Waals surface area contributed by atoms with Gasteiger partial charge in [-0.05, 0) is 54.4 Å². The lowest BCUT2D eigenvalue weighted by Crippen LogP contribution is -2.31. The van der Waals surface area contributed by atoms with E-state index in [0.717, 1.165) is 12.5 Å². The van der Waals surface area contributed by atoms with Crippen molar-refractivity contribution in [3.8, 4) is 23.3 Å². The smallest absolute Gasteiger partial charge is 0.335 e. The van der Waals surface area contributed by atoms with Crippen LogP contribution in [0.3, 0.4) is 0 Å². The standard InChI is InChI=1S/C31H23F2N5O4/c32-24-12-19(15-34)1-3-21(24)17-42-29-7-9-35-30(37-29)23-5-2-18(11-25(23)33)13-28-36-26-6-4-20(31(39)40)14-27(26)38(28)16-22-8-10-41-22/h1-7,9,11-12,14,22H,8,10,13,16-17H2,(H,39,40)/t22-/m0/s1. The summed E-state index contributed by atoms with van der Waals surface area (Å²) in [6.45, 7) is 1.07. The van der Waals surface area contributed by atoms with Crippen molar-refractivity contribution in [2.45, 2.75) is 32.1 Å². The maximum absolute atomic E-state index is 15.4. The number of carboxylic acids is 1. The Kier molecular flexibility index (Phi) is 7.29. The molecule has 210 valence electrons. The molecule has 42 heavy (non-hydrogen) atoms. The molecular weight excluding hydrogens is 544 g/mol. The number of imidazole rings is 1. The second-order valence-corrected chi connectivity index (χ2v) is 9.84. The molecule has 1 aliphatic heterocycles. The Labute approximate surface area is 238 Å². The van der Waals surface area contributed by atoms with Crippen molar-refractivity contribution in [2.24, 2.45) is 0 Å². The van der Waals surface area contributed by atoms with Crippen molar-refractivity contribution in [3.63, 3.8) is 0 Å². The van der Waals surface area contributed by atoms with Gasteiger partial charge < -0.3 is 19.1 Å². The fourth-order valence-corrected chi connectivity index (χ4v) is 4.75. The second-order valence-electron chi connectivity index (χ2n) is 9.84. The Bertz CT molecular complexity index is 1860. The van der Waals surface area contributed by atoms with Crippen molar-refractivity contribution in [3.05, 3.63) is 107 Å². The number of aromatic nitrogens is 4. The Hall–Kier alpha value is -5.21. The van der Waals surface area contributed by atoms with Gasteiger partial charge in [0.15, 0.2) is 5.82 Å². The number of carboxylic acid groups (broad SMARTS) is 1. The van der Waals surface area contributed by atoms with Crippen LogP contribution in [0.1, 0.15) is 39.3 Å². The summed E-state index contributed by atoms with van der Waals surface area (Å²) in [4.78, 5) is 24.7. The summed E-state index contributed by atoms with van der Waals surface area (Å²) in [5, 5.41) is 18.4. The van der Waals surface area contributed by atoms with Crippen LogP contribution in [0.2, 0.25) is 0 Å². The van der Waals surface area contributed by atoms with Gasteiger partial charge >= 0.3 is 5.97 Å². The molecule has 1 aliphatic rings. The molecule has 5 aromatic rings. The number of aromatic carboxylic acids is 1. The molecule has 1 N–H and O–H groups in total. The van der Waals surface area contributed by atoms with Crippen molar-refractivity contribution in [1.82, 2.24) is 19.5 Å². The molecule has 0 radical (unpaired) electrons. The van der Waals surface area contributed by atoms with Crippen LogP contribution in [0.4, 0.5) is 8.78 Å². The average molecular weight is 568 g/mol. The van der Waals surface area contributed by atoms with Gasteiger partial charge in [0.25, 0.3) is 0 Å². The van der Waals surface area contributed by atoms with Crippen LogP contribution in [0, 0.1) is 23.0 Å². The first-order valence-corrected chi connectivity index (χ1v) is 13.1. The van der Waals surface area contributed by atoms with Crippen LogP contribution in [0.5, 0.6) is 5.88 Å². The lowest BCUT2D eigenvalue weighted by Gasteiger charge is -2.27. The van der Waals surface area contributed by atoms with Gasteiger partial charge in [-0.1, -0.05) is 12.1 Å². The molecule has 0 amide bonds. The zero-order valence-electron chi connectivity index (χ0n) is 22.1. The van der Waals surface area contributed by atoms with E-state index in [4.69, 9.17) is 19.7 Å². The molecule has 0 bridgehead atoms. The largest absolute Gasteiger partial charge is 0.478 e. The second kappa shape index (κ2) is 11.3. The number of carbonyl (C=O) groups is 1. The van der Waals surface area contributed by atoms with Gasteiger partial charge in [-0.2, -0.15) is 10.2 Å². The third-order valence-electron chi connectivity index (χ3n) is 7.08. The molecule has 1 fully saturated rings. The van der Waals surface area contributed by atoms with E-state index in [1.165, 1.54) is 36.5 Å². The summed E-state index contributed by atoms with van der Waals surface area (Å²) >= 11 is 0. The highest BCUT2D eigenvalue weighted by Crippen LogP contribution is 2.27. The van der Waals surface area contributed by atoms with E-state index in [-0.39, 0.29) is 46.7 Å². The first-order valence-electron chi connectivity index (χ1n) is 13.1. The lowest BCUT2D eigenvalue weighted by atomic mass is 10.1. The number of nitriles is 1. The number of nitrogens with zero attached hydrogens (tertiary/aromatic N) is 5. The molecule has 0 spiro atoms. The molecule has 6 rings (SSSR count). The number of halogens is 2. The van der Waals surface area contributed by atoms with Crippen molar-refractivity contribution in [2.75, 3.05) is 6.61 Å². The first kappa shape index (κ1) is 27.0. The lowest BCUT2D eigenvalue weighted by molar-refractivity contribution is -0.0589. The van der Waals surface area contributed by atoms with Crippen LogP contribution in [-0.4, -0.2) is 43.3 Å². The molecule has 3 heterocycles. The van der Waals surface area contributed by atoms with Crippen LogP contribution in [0.25, 0.3) is 22.4 Å². The fourth-order valence-electron chi connectivity index (χ4n) is 4.75. The Morgan fingerprint density at radius 3 is 2.67 bits per heavy atom. The quantitative estimate of drug-likeness (QED) is 0.255. The third kappa shape index (κ3) is 5.53. The van der Waals surface area contributed by atoms with Gasteiger partial charge in [0, 0.05) is 30.9 Å². The minimum Gasteiger partial charge on any atom is -0.478 e. The number of hydrogen-bond acceptors (Lipinski definition) is 7. The van der Waals surface area contributed by atoms with E-state index in [1.807, 2.05) is 10.6 Å². The average Bonchev–Trinajstić information content (AvgIpc) is 3.30. The summed E-state index contributed by atoms with van der Waals surface area (Å²) < 4.78 is 42.7. The SMILES string of the molecule is N#Cc1ccc(COc2ccnc(-c3ccc(Cc4nc5ccc(C(=O)O)cc5n4C[C@@H]4CCO4)cc3F)n2)c(F)c1. The number of ether oxygens (including phenoxy) is 2. The number of rotatable bonds is 9. The van der Waals surface area contributed by atoms with Crippen LogP contribution < -0.4 is 4.74 Å². The van der Waals surface area contributed by atoms with Crippen LogP contribution in [0.15, 0.2) is 66.9 Å². The van der Waals surface area contributed by atoms with E-state index in [9.17, 15) is 14.3 Å². The van der Waals surface area contributed by atoms with Gasteiger partial charge in [-0.15, -0.1) is 0 Å². The molecule has 11 heteroatoms. The highest BCUT2D eigenvalue weighted by Gasteiger charge is 2.23. The molecule has 1 atom stereocenters. The zero-order valence-corrected chi connectivity index (χ0v) is 22.1. The van der Waals surface area contributed by atoms with Gasteiger partial charge in [-0.3, -0.25) is 0 Å². The van der Waals surface area contributed by atoms with Crippen LogP contribution >= 0.6 is 0 Å². The van der Waals surface area contributed by atoms with Gasteiger partial charge in [0.05, 0.1) is 46.4 Å². The van der Waals surface area contributed by atoms with Crippen molar-refractivity contribution in [1.29, 1.82) is 5.26 Å². The Morgan fingerprint density at radius 1 is 1.10 bits per heavy atom. The van der Waals surface area contributed by atoms with E-state index in [2.05, 4.69) is 9.97 Å². The fraction of sp³-hybridized carbons (Fsp3) is 0.194. The molecule has 9 nitrogen and oxygen atoms in total. The number of fused-ring (bicyclic) bond motifs is 1. The first-order chi connectivity index (χ1) is 20.4. The predicted octanol–water partition coefficient (Wildman–Crippen LogP) is 5.30. The van der Waals surface area contributed by atoms with Gasteiger partial charge in [0.2, 0.25) is 5.88 Å². The van der Waals surface area contributed by atoms with E-state index in [0.29, 0.717) is 42.0 Å². The molecule has 0 aliphatic carbocycles. The molecule has 1 saturated heterocycles. The number of benzene rings is 3. The summed E-state index contributed by atoms with van der Waals surface area (Å²) in [5.41, 5.74) is 2.77. The van der Waals surface area contributed by atoms with Gasteiger partial charge in [-0.25, -0.2) is 23.5 Å². The molecular formula is C31H23F2N5O4. The van der Waals surface area contributed by atoms with Gasteiger partial charge in [0.1, 0.15) is 24.1 Å².